The highest BCUT2D eigenvalue weighted by Crippen LogP contribution is 2.29. The van der Waals surface area contributed by atoms with E-state index in [0.29, 0.717) is 11.0 Å². The second-order valence-electron chi connectivity index (χ2n) is 6.75. The van der Waals surface area contributed by atoms with Crippen molar-refractivity contribution in [3.63, 3.8) is 0 Å². The van der Waals surface area contributed by atoms with E-state index in [1.807, 2.05) is 0 Å². The van der Waals surface area contributed by atoms with Crippen LogP contribution in [0.25, 0.3) is 0 Å². The van der Waals surface area contributed by atoms with Crippen LogP contribution in [0.15, 0.2) is 0 Å². The zero-order valence-corrected chi connectivity index (χ0v) is 10.6. The van der Waals surface area contributed by atoms with Gasteiger partial charge >= 0.3 is 0 Å². The van der Waals surface area contributed by atoms with Gasteiger partial charge in [0, 0.05) is 11.6 Å². The smallest absolute Gasteiger partial charge is 0.0132 e. The van der Waals surface area contributed by atoms with E-state index in [4.69, 9.17) is 0 Å². The number of hydrogen-bond donors (Lipinski definition) is 1. The normalized spacial score (nSPS) is 20.4. The van der Waals surface area contributed by atoms with Gasteiger partial charge in [0.15, 0.2) is 0 Å². The molecule has 0 unspecified atom stereocenters. The Kier molecular flexibility index (Phi) is 3.63. The van der Waals surface area contributed by atoms with E-state index in [2.05, 4.69) is 39.9 Å². The average Bonchev–Trinajstić information content (AvgIpc) is 2.31. The fourth-order valence-corrected chi connectivity index (χ4v) is 3.00. The first-order chi connectivity index (χ1) is 6.29. The fourth-order valence-electron chi connectivity index (χ4n) is 3.00. The summed E-state index contributed by atoms with van der Waals surface area (Å²) >= 11 is 0. The number of nitrogens with one attached hydrogen (secondary N) is 1. The van der Waals surface area contributed by atoms with Gasteiger partial charge in [0.2, 0.25) is 0 Å². The molecule has 0 heterocycles. The summed E-state index contributed by atoms with van der Waals surface area (Å²) < 4.78 is 0. The van der Waals surface area contributed by atoms with Crippen LogP contribution >= 0.6 is 0 Å². The molecule has 1 aliphatic carbocycles. The third-order valence-electron chi connectivity index (χ3n) is 2.92. The molecule has 0 atom stereocenters. The Morgan fingerprint density at radius 1 is 1.00 bits per heavy atom. The molecule has 0 aromatic rings. The van der Waals surface area contributed by atoms with Crippen molar-refractivity contribution in [2.45, 2.75) is 78.3 Å². The van der Waals surface area contributed by atoms with Crippen LogP contribution in [-0.4, -0.2) is 11.6 Å². The van der Waals surface area contributed by atoms with E-state index < -0.39 is 0 Å². The lowest BCUT2D eigenvalue weighted by atomic mass is 9.81. The van der Waals surface area contributed by atoms with Crippen LogP contribution in [0.4, 0.5) is 0 Å². The van der Waals surface area contributed by atoms with Crippen LogP contribution in [0.1, 0.15) is 66.7 Å². The largest absolute Gasteiger partial charge is 0.309 e. The molecule has 0 spiro atoms. The van der Waals surface area contributed by atoms with Gasteiger partial charge in [-0.2, -0.15) is 0 Å². The quantitative estimate of drug-likeness (QED) is 0.727. The zero-order valence-electron chi connectivity index (χ0n) is 10.6. The van der Waals surface area contributed by atoms with Crippen LogP contribution in [0.2, 0.25) is 0 Å². The van der Waals surface area contributed by atoms with Crippen molar-refractivity contribution in [3.05, 3.63) is 0 Å². The van der Waals surface area contributed by atoms with Gasteiger partial charge in [0.05, 0.1) is 0 Å². The molecule has 0 radical (unpaired) electrons. The van der Waals surface area contributed by atoms with E-state index >= 15 is 0 Å². The average molecular weight is 197 g/mol. The van der Waals surface area contributed by atoms with E-state index in [1.54, 1.807) is 0 Å². The van der Waals surface area contributed by atoms with E-state index in [0.717, 1.165) is 6.04 Å². The molecule has 0 aromatic carbocycles. The van der Waals surface area contributed by atoms with Crippen molar-refractivity contribution in [2.75, 3.05) is 0 Å². The van der Waals surface area contributed by atoms with Gasteiger partial charge in [-0.3, -0.25) is 0 Å². The number of rotatable bonds is 3. The SMILES string of the molecule is CC(C)(C)CC(C)(C)NC1CCCC1. The maximum atomic E-state index is 3.81. The van der Waals surface area contributed by atoms with Gasteiger partial charge < -0.3 is 5.32 Å². The van der Waals surface area contributed by atoms with E-state index in [9.17, 15) is 0 Å². The first kappa shape index (κ1) is 12.0. The Morgan fingerprint density at radius 3 is 1.93 bits per heavy atom. The van der Waals surface area contributed by atoms with Crippen molar-refractivity contribution in [1.82, 2.24) is 5.32 Å². The highest BCUT2D eigenvalue weighted by molar-refractivity contribution is 4.88. The van der Waals surface area contributed by atoms with Gasteiger partial charge in [-0.1, -0.05) is 33.6 Å². The monoisotopic (exact) mass is 197 g/mol. The topological polar surface area (TPSA) is 12.0 Å². The minimum atomic E-state index is 0.299. The molecule has 14 heavy (non-hydrogen) atoms. The second-order valence-corrected chi connectivity index (χ2v) is 6.75. The molecular formula is C13H27N. The first-order valence-corrected chi connectivity index (χ1v) is 6.06. The second kappa shape index (κ2) is 4.22. The fraction of sp³-hybridized carbons (Fsp3) is 1.00. The molecule has 0 amide bonds. The molecule has 0 saturated heterocycles. The molecule has 0 bridgehead atoms. The van der Waals surface area contributed by atoms with Crippen LogP contribution in [0, 0.1) is 5.41 Å². The molecule has 1 rings (SSSR count). The maximum absolute atomic E-state index is 3.81. The van der Waals surface area contributed by atoms with Crippen LogP contribution in [0.5, 0.6) is 0 Å². The van der Waals surface area contributed by atoms with Crippen molar-refractivity contribution in [1.29, 1.82) is 0 Å². The molecule has 1 heteroatoms. The standard InChI is InChI=1S/C13H27N/c1-12(2,3)10-13(4,5)14-11-8-6-7-9-11/h11,14H,6-10H2,1-5H3. The van der Waals surface area contributed by atoms with Gasteiger partial charge in [-0.25, -0.2) is 0 Å². The highest BCUT2D eigenvalue weighted by Gasteiger charge is 2.28. The minimum absolute atomic E-state index is 0.299. The Hall–Kier alpha value is -0.0400. The summed E-state index contributed by atoms with van der Waals surface area (Å²) in [4.78, 5) is 0. The van der Waals surface area contributed by atoms with E-state index in [1.165, 1.54) is 32.1 Å². The van der Waals surface area contributed by atoms with Crippen molar-refractivity contribution in [2.24, 2.45) is 5.41 Å². The summed E-state index contributed by atoms with van der Waals surface area (Å²) in [7, 11) is 0. The lowest BCUT2D eigenvalue weighted by Crippen LogP contribution is -2.47. The Bertz CT molecular complexity index is 170. The third kappa shape index (κ3) is 4.45. The summed E-state index contributed by atoms with van der Waals surface area (Å²) in [6.45, 7) is 11.7. The lowest BCUT2D eigenvalue weighted by Gasteiger charge is -2.36. The predicted octanol–water partition coefficient (Wildman–Crippen LogP) is 3.73. The molecule has 0 aromatic heterocycles. The molecule has 1 saturated carbocycles. The van der Waals surface area contributed by atoms with Crippen LogP contribution < -0.4 is 5.32 Å². The van der Waals surface area contributed by atoms with E-state index in [-0.39, 0.29) is 0 Å². The molecule has 1 N–H and O–H groups in total. The Balaban J connectivity index is 2.40. The molecular weight excluding hydrogens is 170 g/mol. The lowest BCUT2D eigenvalue weighted by molar-refractivity contribution is 0.223. The van der Waals surface area contributed by atoms with Crippen molar-refractivity contribution >= 4 is 0 Å². The van der Waals surface area contributed by atoms with Gasteiger partial charge in [0.1, 0.15) is 0 Å². The minimum Gasteiger partial charge on any atom is -0.309 e. The van der Waals surface area contributed by atoms with Gasteiger partial charge in [-0.15, -0.1) is 0 Å². The summed E-state index contributed by atoms with van der Waals surface area (Å²) in [5.41, 5.74) is 0.725. The summed E-state index contributed by atoms with van der Waals surface area (Å²) in [6.07, 6.45) is 6.85. The predicted molar refractivity (Wildman–Crippen MR) is 63.5 cm³/mol. The highest BCUT2D eigenvalue weighted by atomic mass is 15.0. The van der Waals surface area contributed by atoms with Gasteiger partial charge in [-0.05, 0) is 38.5 Å². The Labute approximate surface area is 89.7 Å². The zero-order chi connectivity index (χ0) is 10.8. The summed E-state index contributed by atoms with van der Waals surface area (Å²) in [5.74, 6) is 0. The molecule has 1 fully saturated rings. The molecule has 1 nitrogen and oxygen atoms in total. The van der Waals surface area contributed by atoms with Crippen molar-refractivity contribution in [3.8, 4) is 0 Å². The number of hydrogen-bond acceptors (Lipinski definition) is 1. The van der Waals surface area contributed by atoms with Crippen molar-refractivity contribution < 1.29 is 0 Å². The maximum Gasteiger partial charge on any atom is 0.0132 e. The summed E-state index contributed by atoms with van der Waals surface area (Å²) in [6, 6.07) is 0.785. The first-order valence-electron chi connectivity index (χ1n) is 6.06. The summed E-state index contributed by atoms with van der Waals surface area (Å²) in [5, 5.41) is 3.81. The molecule has 0 aliphatic heterocycles. The van der Waals surface area contributed by atoms with Crippen LogP contribution in [-0.2, 0) is 0 Å². The van der Waals surface area contributed by atoms with Crippen LogP contribution in [0.3, 0.4) is 0 Å². The molecule has 84 valence electrons. The molecule has 1 aliphatic rings. The Morgan fingerprint density at radius 2 is 1.50 bits per heavy atom. The third-order valence-corrected chi connectivity index (χ3v) is 2.92. The van der Waals surface area contributed by atoms with Gasteiger partial charge in [0.25, 0.3) is 0 Å².